The van der Waals surface area contributed by atoms with Crippen molar-refractivity contribution in [1.29, 1.82) is 0 Å². The van der Waals surface area contributed by atoms with E-state index < -0.39 is 0 Å². The molecule has 0 amide bonds. The maximum atomic E-state index is 13.4. The van der Waals surface area contributed by atoms with E-state index in [0.29, 0.717) is 28.2 Å². The molecule has 138 valence electrons. The molecular formula is C23H17IN2O2. The van der Waals surface area contributed by atoms with Crippen molar-refractivity contribution in [3.05, 3.63) is 98.1 Å². The number of nitrogens with zero attached hydrogens (tertiary/aromatic N) is 2. The van der Waals surface area contributed by atoms with Gasteiger partial charge in [0.05, 0.1) is 23.7 Å². The van der Waals surface area contributed by atoms with Crippen LogP contribution in [0.4, 0.5) is 0 Å². The van der Waals surface area contributed by atoms with Crippen LogP contribution in [0.15, 0.2) is 77.6 Å². The number of rotatable bonds is 4. The second kappa shape index (κ2) is 7.98. The van der Waals surface area contributed by atoms with Crippen molar-refractivity contribution < 1.29 is 4.74 Å². The number of aromatic nitrogens is 2. The summed E-state index contributed by atoms with van der Waals surface area (Å²) in [7, 11) is 1.61. The second-order valence-electron chi connectivity index (χ2n) is 6.22. The quantitative estimate of drug-likeness (QED) is 0.379. The van der Waals surface area contributed by atoms with Crippen LogP contribution < -0.4 is 10.3 Å². The average molecular weight is 480 g/mol. The predicted octanol–water partition coefficient (Wildman–Crippen LogP) is 5.17. The second-order valence-corrected chi connectivity index (χ2v) is 7.46. The molecule has 0 bridgehead atoms. The minimum atomic E-state index is -0.107. The summed E-state index contributed by atoms with van der Waals surface area (Å²) in [6.45, 7) is 0. The highest BCUT2D eigenvalue weighted by Gasteiger charge is 2.12. The highest BCUT2D eigenvalue weighted by atomic mass is 127. The normalized spacial score (nSPS) is 11.2. The summed E-state index contributed by atoms with van der Waals surface area (Å²) in [5.74, 6) is 1.25. The van der Waals surface area contributed by atoms with Crippen LogP contribution in [0.25, 0.3) is 28.7 Å². The van der Waals surface area contributed by atoms with Crippen molar-refractivity contribution in [3.63, 3.8) is 0 Å². The summed E-state index contributed by atoms with van der Waals surface area (Å²) in [6, 6.07) is 23.1. The van der Waals surface area contributed by atoms with Crippen molar-refractivity contribution in [1.82, 2.24) is 9.55 Å². The monoisotopic (exact) mass is 480 g/mol. The SMILES string of the molecule is COc1cccc(-n2c(/C=C/c3ccccc3)nc3ccc(I)cc3c2=O)c1. The highest BCUT2D eigenvalue weighted by Crippen LogP contribution is 2.20. The van der Waals surface area contributed by atoms with Crippen molar-refractivity contribution in [2.75, 3.05) is 7.11 Å². The largest absolute Gasteiger partial charge is 0.497 e. The molecule has 3 aromatic carbocycles. The first-order chi connectivity index (χ1) is 13.7. The van der Waals surface area contributed by atoms with Gasteiger partial charge in [-0.2, -0.15) is 0 Å². The van der Waals surface area contributed by atoms with Crippen molar-refractivity contribution in [2.24, 2.45) is 0 Å². The number of hydrogen-bond donors (Lipinski definition) is 0. The van der Waals surface area contributed by atoms with Crippen LogP contribution in [0.5, 0.6) is 5.75 Å². The minimum Gasteiger partial charge on any atom is -0.497 e. The van der Waals surface area contributed by atoms with Gasteiger partial charge in [0.2, 0.25) is 0 Å². The molecule has 0 saturated heterocycles. The molecule has 0 aliphatic carbocycles. The van der Waals surface area contributed by atoms with Crippen LogP contribution in [0, 0.1) is 3.57 Å². The van der Waals surface area contributed by atoms with E-state index in [0.717, 1.165) is 9.13 Å². The Morgan fingerprint density at radius 2 is 1.79 bits per heavy atom. The molecule has 4 rings (SSSR count). The van der Waals surface area contributed by atoms with Gasteiger partial charge in [-0.25, -0.2) is 4.98 Å². The third-order valence-corrected chi connectivity index (χ3v) is 5.06. The first kappa shape index (κ1) is 18.4. The maximum absolute atomic E-state index is 13.4. The molecule has 0 aliphatic heterocycles. The van der Waals surface area contributed by atoms with Gasteiger partial charge in [-0.15, -0.1) is 0 Å². The number of halogens is 1. The summed E-state index contributed by atoms with van der Waals surface area (Å²) in [4.78, 5) is 18.1. The Morgan fingerprint density at radius 3 is 2.57 bits per heavy atom. The van der Waals surface area contributed by atoms with E-state index in [9.17, 15) is 4.79 Å². The molecule has 4 nitrogen and oxygen atoms in total. The lowest BCUT2D eigenvalue weighted by atomic mass is 10.2. The summed E-state index contributed by atoms with van der Waals surface area (Å²) in [5, 5.41) is 0.589. The number of benzene rings is 3. The Bertz CT molecular complexity index is 1230. The zero-order valence-electron chi connectivity index (χ0n) is 15.2. The molecule has 0 N–H and O–H groups in total. The molecule has 0 saturated carbocycles. The highest BCUT2D eigenvalue weighted by molar-refractivity contribution is 14.1. The first-order valence-corrected chi connectivity index (χ1v) is 9.83. The zero-order chi connectivity index (χ0) is 19.5. The van der Waals surface area contributed by atoms with Crippen molar-refractivity contribution >= 4 is 45.6 Å². The van der Waals surface area contributed by atoms with Crippen LogP contribution in [-0.4, -0.2) is 16.7 Å². The lowest BCUT2D eigenvalue weighted by Crippen LogP contribution is -2.22. The fourth-order valence-corrected chi connectivity index (χ4v) is 3.51. The lowest BCUT2D eigenvalue weighted by molar-refractivity contribution is 0.414. The van der Waals surface area contributed by atoms with Gasteiger partial charge in [-0.1, -0.05) is 42.5 Å². The van der Waals surface area contributed by atoms with E-state index in [-0.39, 0.29) is 5.56 Å². The summed E-state index contributed by atoms with van der Waals surface area (Å²) in [6.07, 6.45) is 3.82. The third kappa shape index (κ3) is 3.71. The Balaban J connectivity index is 1.97. The van der Waals surface area contributed by atoms with Gasteiger partial charge in [0.25, 0.3) is 5.56 Å². The van der Waals surface area contributed by atoms with Crippen molar-refractivity contribution in [3.8, 4) is 11.4 Å². The smallest absolute Gasteiger partial charge is 0.266 e. The molecule has 0 radical (unpaired) electrons. The fourth-order valence-electron chi connectivity index (χ4n) is 3.02. The Hall–Kier alpha value is -2.93. The van der Waals surface area contributed by atoms with Gasteiger partial charge in [-0.3, -0.25) is 9.36 Å². The summed E-state index contributed by atoms with van der Waals surface area (Å²) in [5.41, 5.74) is 2.32. The molecule has 1 heterocycles. The number of fused-ring (bicyclic) bond motifs is 1. The molecule has 0 unspecified atom stereocenters. The molecule has 0 atom stereocenters. The van der Waals surface area contributed by atoms with Crippen molar-refractivity contribution in [2.45, 2.75) is 0 Å². The van der Waals surface area contributed by atoms with E-state index >= 15 is 0 Å². The summed E-state index contributed by atoms with van der Waals surface area (Å²) >= 11 is 2.21. The average Bonchev–Trinajstić information content (AvgIpc) is 2.73. The Kier molecular flexibility index (Phi) is 5.25. The molecule has 5 heteroatoms. The third-order valence-electron chi connectivity index (χ3n) is 4.39. The van der Waals surface area contributed by atoms with Gasteiger partial charge in [0, 0.05) is 9.64 Å². The zero-order valence-corrected chi connectivity index (χ0v) is 17.3. The van der Waals surface area contributed by atoms with Gasteiger partial charge in [0.1, 0.15) is 11.6 Å². The van der Waals surface area contributed by atoms with E-state index in [1.165, 1.54) is 0 Å². The predicted molar refractivity (Wildman–Crippen MR) is 122 cm³/mol. The molecule has 28 heavy (non-hydrogen) atoms. The maximum Gasteiger partial charge on any atom is 0.266 e. The van der Waals surface area contributed by atoms with Crippen LogP contribution >= 0.6 is 22.6 Å². The molecule has 1 aromatic heterocycles. The first-order valence-electron chi connectivity index (χ1n) is 8.75. The van der Waals surface area contributed by atoms with Crippen LogP contribution in [0.3, 0.4) is 0 Å². The number of hydrogen-bond acceptors (Lipinski definition) is 3. The van der Waals surface area contributed by atoms with Crippen LogP contribution in [0.2, 0.25) is 0 Å². The molecule has 0 spiro atoms. The Labute approximate surface area is 176 Å². The van der Waals surface area contributed by atoms with E-state index in [1.54, 1.807) is 11.7 Å². The fraction of sp³-hybridized carbons (Fsp3) is 0.0435. The molecular weight excluding hydrogens is 463 g/mol. The van der Waals surface area contributed by atoms with Crippen LogP contribution in [0.1, 0.15) is 11.4 Å². The van der Waals surface area contributed by atoms with Gasteiger partial charge in [0.15, 0.2) is 0 Å². The van der Waals surface area contributed by atoms with Crippen LogP contribution in [-0.2, 0) is 0 Å². The number of ether oxygens (including phenoxy) is 1. The number of methoxy groups -OCH3 is 1. The van der Waals surface area contributed by atoms with Gasteiger partial charge in [-0.05, 0) is 64.6 Å². The van der Waals surface area contributed by atoms with E-state index in [4.69, 9.17) is 9.72 Å². The molecule has 4 aromatic rings. The topological polar surface area (TPSA) is 44.1 Å². The Morgan fingerprint density at radius 1 is 0.964 bits per heavy atom. The van der Waals surface area contributed by atoms with E-state index in [1.807, 2.05) is 84.9 Å². The summed E-state index contributed by atoms with van der Waals surface area (Å²) < 4.78 is 7.96. The standard InChI is InChI=1S/C23H17IN2O2/c1-28-19-9-5-8-18(15-19)26-22(13-10-16-6-3-2-4-7-16)25-21-12-11-17(24)14-20(21)23(26)27/h2-15H,1H3/b13-10+. The van der Waals surface area contributed by atoms with E-state index in [2.05, 4.69) is 22.6 Å². The van der Waals surface area contributed by atoms with Gasteiger partial charge < -0.3 is 4.74 Å². The molecule has 0 aliphatic rings. The molecule has 0 fully saturated rings. The minimum absolute atomic E-state index is 0.107. The lowest BCUT2D eigenvalue weighted by Gasteiger charge is -2.12. The van der Waals surface area contributed by atoms with Gasteiger partial charge >= 0.3 is 0 Å².